The first-order chi connectivity index (χ1) is 14.4. The van der Waals surface area contributed by atoms with Crippen LogP contribution in [0.5, 0.6) is 11.5 Å². The fourth-order valence-electron chi connectivity index (χ4n) is 4.02. The Morgan fingerprint density at radius 3 is 2.52 bits per heavy atom. The van der Waals surface area contributed by atoms with Gasteiger partial charge in [-0.1, -0.05) is 0 Å². The minimum atomic E-state index is -2.86. The highest BCUT2D eigenvalue weighted by atomic mass is 127. The summed E-state index contributed by atoms with van der Waals surface area (Å²) in [5, 5.41) is 3.37. The van der Waals surface area contributed by atoms with Crippen LogP contribution in [-0.4, -0.2) is 89.2 Å². The van der Waals surface area contributed by atoms with Crippen molar-refractivity contribution in [1.29, 1.82) is 0 Å². The number of nitrogens with one attached hydrogen (secondary N) is 1. The van der Waals surface area contributed by atoms with E-state index in [-0.39, 0.29) is 35.6 Å². The minimum absolute atomic E-state index is 0. The SMILES string of the molecule is CCNC(=NCC1CCS(=O)(=O)C1)N1CCN(Cc2cc(OC)ccc2OC)CC1.I. The summed E-state index contributed by atoms with van der Waals surface area (Å²) < 4.78 is 34.2. The number of halogens is 1. The first-order valence-corrected chi connectivity index (χ1v) is 12.4. The van der Waals surface area contributed by atoms with Gasteiger partial charge in [-0.2, -0.15) is 0 Å². The van der Waals surface area contributed by atoms with Gasteiger partial charge < -0.3 is 19.7 Å². The molecule has 0 saturated carbocycles. The molecule has 1 aromatic carbocycles. The van der Waals surface area contributed by atoms with Gasteiger partial charge in [-0.05, 0) is 37.5 Å². The lowest BCUT2D eigenvalue weighted by atomic mass is 10.1. The summed E-state index contributed by atoms with van der Waals surface area (Å²) in [6.45, 7) is 7.82. The molecule has 10 heteroatoms. The van der Waals surface area contributed by atoms with E-state index in [1.54, 1.807) is 14.2 Å². The molecule has 0 radical (unpaired) electrons. The zero-order valence-electron chi connectivity index (χ0n) is 18.7. The van der Waals surface area contributed by atoms with Gasteiger partial charge in [-0.3, -0.25) is 9.89 Å². The van der Waals surface area contributed by atoms with E-state index in [2.05, 4.69) is 22.0 Å². The molecule has 0 spiro atoms. The Morgan fingerprint density at radius 1 is 1.19 bits per heavy atom. The number of ether oxygens (including phenoxy) is 2. The summed E-state index contributed by atoms with van der Waals surface area (Å²) in [5.74, 6) is 3.31. The first-order valence-electron chi connectivity index (χ1n) is 10.6. The van der Waals surface area contributed by atoms with Gasteiger partial charge in [-0.15, -0.1) is 24.0 Å². The standard InChI is InChI=1S/C21H34N4O4S.HI/c1-4-22-21(23-14-17-7-12-30(26,27)16-17)25-10-8-24(9-11-25)15-18-13-19(28-2)5-6-20(18)29-3;/h5-6,13,17H,4,7-12,14-16H2,1-3H3,(H,22,23);1H. The number of rotatable bonds is 7. The Hall–Kier alpha value is -1.27. The second kappa shape index (κ2) is 12.1. The van der Waals surface area contributed by atoms with Crippen LogP contribution in [0.4, 0.5) is 0 Å². The fraction of sp³-hybridized carbons (Fsp3) is 0.667. The predicted octanol–water partition coefficient (Wildman–Crippen LogP) is 1.84. The number of benzene rings is 1. The van der Waals surface area contributed by atoms with Gasteiger partial charge in [0.25, 0.3) is 0 Å². The molecule has 0 bridgehead atoms. The van der Waals surface area contributed by atoms with Crippen LogP contribution >= 0.6 is 24.0 Å². The maximum Gasteiger partial charge on any atom is 0.194 e. The van der Waals surface area contributed by atoms with Crippen molar-refractivity contribution in [3.8, 4) is 11.5 Å². The largest absolute Gasteiger partial charge is 0.497 e. The van der Waals surface area contributed by atoms with Crippen LogP contribution in [0.25, 0.3) is 0 Å². The number of piperazine rings is 1. The lowest BCUT2D eigenvalue weighted by Crippen LogP contribution is -2.52. The van der Waals surface area contributed by atoms with Crippen LogP contribution in [0, 0.1) is 5.92 Å². The molecule has 8 nitrogen and oxygen atoms in total. The third-order valence-electron chi connectivity index (χ3n) is 5.71. The summed E-state index contributed by atoms with van der Waals surface area (Å²) in [5.41, 5.74) is 1.12. The maximum absolute atomic E-state index is 11.7. The molecule has 1 unspecified atom stereocenters. The molecule has 0 amide bonds. The molecule has 0 aliphatic carbocycles. The van der Waals surface area contributed by atoms with Gasteiger partial charge in [0.2, 0.25) is 0 Å². The van der Waals surface area contributed by atoms with Crippen LogP contribution in [0.1, 0.15) is 18.9 Å². The van der Waals surface area contributed by atoms with E-state index in [1.807, 2.05) is 18.2 Å². The molecule has 1 aromatic rings. The molecule has 0 aromatic heterocycles. The van der Waals surface area contributed by atoms with Gasteiger partial charge in [0, 0.05) is 51.4 Å². The van der Waals surface area contributed by atoms with Gasteiger partial charge in [0.15, 0.2) is 15.8 Å². The van der Waals surface area contributed by atoms with Gasteiger partial charge >= 0.3 is 0 Å². The Balaban J connectivity index is 0.00000341. The van der Waals surface area contributed by atoms with Gasteiger partial charge in [-0.25, -0.2) is 8.42 Å². The zero-order chi connectivity index (χ0) is 21.6. The topological polar surface area (TPSA) is 83.5 Å². The predicted molar refractivity (Wildman–Crippen MR) is 135 cm³/mol. The number of aliphatic imine (C=N–C) groups is 1. The summed E-state index contributed by atoms with van der Waals surface area (Å²) in [7, 11) is 0.508. The van der Waals surface area contributed by atoms with Crippen molar-refractivity contribution in [2.24, 2.45) is 10.9 Å². The Labute approximate surface area is 203 Å². The van der Waals surface area contributed by atoms with E-state index in [9.17, 15) is 8.42 Å². The van der Waals surface area contributed by atoms with Crippen LogP contribution in [0.2, 0.25) is 0 Å². The van der Waals surface area contributed by atoms with Crippen molar-refractivity contribution in [2.75, 3.05) is 65.0 Å². The maximum atomic E-state index is 11.7. The third kappa shape index (κ3) is 7.38. The summed E-state index contributed by atoms with van der Waals surface area (Å²) in [6.07, 6.45) is 0.724. The van der Waals surface area contributed by atoms with E-state index in [1.165, 1.54) is 0 Å². The normalized spacial score (nSPS) is 21.5. The van der Waals surface area contributed by atoms with Crippen molar-refractivity contribution in [1.82, 2.24) is 15.1 Å². The molecule has 31 heavy (non-hydrogen) atoms. The lowest BCUT2D eigenvalue weighted by Gasteiger charge is -2.36. The Kier molecular flexibility index (Phi) is 10.1. The van der Waals surface area contributed by atoms with Crippen molar-refractivity contribution in [3.05, 3.63) is 23.8 Å². The third-order valence-corrected chi connectivity index (χ3v) is 7.55. The first kappa shape index (κ1) is 26.0. The Morgan fingerprint density at radius 2 is 1.94 bits per heavy atom. The molecule has 2 aliphatic heterocycles. The summed E-state index contributed by atoms with van der Waals surface area (Å²) in [4.78, 5) is 9.43. The smallest absolute Gasteiger partial charge is 0.194 e. The van der Waals surface area contributed by atoms with Crippen LogP contribution in [0.15, 0.2) is 23.2 Å². The molecule has 3 rings (SSSR count). The average Bonchev–Trinajstić information content (AvgIpc) is 3.10. The fourth-order valence-corrected chi connectivity index (χ4v) is 5.87. The highest BCUT2D eigenvalue weighted by molar-refractivity contribution is 14.0. The second-order valence-corrected chi connectivity index (χ2v) is 10.1. The average molecular weight is 567 g/mol. The van der Waals surface area contributed by atoms with E-state index >= 15 is 0 Å². The molecular weight excluding hydrogens is 531 g/mol. The Bertz CT molecular complexity index is 842. The molecule has 2 aliphatic rings. The second-order valence-electron chi connectivity index (χ2n) is 7.90. The van der Waals surface area contributed by atoms with E-state index in [0.29, 0.717) is 12.3 Å². The van der Waals surface area contributed by atoms with E-state index in [4.69, 9.17) is 14.5 Å². The molecular formula is C21H35IN4O4S. The minimum Gasteiger partial charge on any atom is -0.497 e. The molecule has 176 valence electrons. The number of nitrogens with zero attached hydrogens (tertiary/aromatic N) is 3. The van der Waals surface area contributed by atoms with E-state index < -0.39 is 9.84 Å². The van der Waals surface area contributed by atoms with Crippen molar-refractivity contribution >= 4 is 39.8 Å². The zero-order valence-corrected chi connectivity index (χ0v) is 21.8. The molecule has 2 heterocycles. The van der Waals surface area contributed by atoms with Crippen LogP contribution in [0.3, 0.4) is 0 Å². The molecule has 1 atom stereocenters. The number of hydrogen-bond donors (Lipinski definition) is 1. The van der Waals surface area contributed by atoms with E-state index in [0.717, 1.165) is 68.7 Å². The van der Waals surface area contributed by atoms with Crippen molar-refractivity contribution < 1.29 is 17.9 Å². The summed E-state index contributed by atoms with van der Waals surface area (Å²) in [6, 6.07) is 5.89. The highest BCUT2D eigenvalue weighted by Crippen LogP contribution is 2.25. The molecule has 2 fully saturated rings. The summed E-state index contributed by atoms with van der Waals surface area (Å²) >= 11 is 0. The number of sulfone groups is 1. The number of hydrogen-bond acceptors (Lipinski definition) is 6. The monoisotopic (exact) mass is 566 g/mol. The highest BCUT2D eigenvalue weighted by Gasteiger charge is 2.28. The number of methoxy groups -OCH3 is 2. The van der Waals surface area contributed by atoms with Crippen molar-refractivity contribution in [3.63, 3.8) is 0 Å². The van der Waals surface area contributed by atoms with Gasteiger partial charge in [0.05, 0.1) is 25.7 Å². The lowest BCUT2D eigenvalue weighted by molar-refractivity contribution is 0.171. The quantitative estimate of drug-likeness (QED) is 0.307. The van der Waals surface area contributed by atoms with Crippen LogP contribution in [-0.2, 0) is 16.4 Å². The number of guanidine groups is 1. The molecule has 2 saturated heterocycles. The van der Waals surface area contributed by atoms with Crippen LogP contribution < -0.4 is 14.8 Å². The molecule has 1 N–H and O–H groups in total. The van der Waals surface area contributed by atoms with Crippen molar-refractivity contribution in [2.45, 2.75) is 19.9 Å². The van der Waals surface area contributed by atoms with Gasteiger partial charge in [0.1, 0.15) is 11.5 Å².